The maximum atomic E-state index is 11.5. The van der Waals surface area contributed by atoms with Gasteiger partial charge in [-0.1, -0.05) is 32.0 Å². The predicted octanol–water partition coefficient (Wildman–Crippen LogP) is 4.14. The highest BCUT2D eigenvalue weighted by Crippen LogP contribution is 2.52. The van der Waals surface area contributed by atoms with E-state index in [0.717, 1.165) is 16.9 Å². The summed E-state index contributed by atoms with van der Waals surface area (Å²) in [5.74, 6) is -1.33. The van der Waals surface area contributed by atoms with E-state index in [1.807, 2.05) is 63.4 Å². The van der Waals surface area contributed by atoms with Gasteiger partial charge >= 0.3 is 5.97 Å². The van der Waals surface area contributed by atoms with Gasteiger partial charge in [-0.25, -0.2) is 4.79 Å². The highest BCUT2D eigenvalue weighted by Gasteiger charge is 2.52. The highest BCUT2D eigenvalue weighted by atomic mass is 32.2. The van der Waals surface area contributed by atoms with Gasteiger partial charge in [0.1, 0.15) is 0 Å². The van der Waals surface area contributed by atoms with Crippen LogP contribution in [0.25, 0.3) is 0 Å². The fourth-order valence-electron chi connectivity index (χ4n) is 4.16. The van der Waals surface area contributed by atoms with Gasteiger partial charge in [0.2, 0.25) is 0 Å². The third kappa shape index (κ3) is 4.60. The first-order valence-corrected chi connectivity index (χ1v) is 11.7. The molecule has 1 aliphatic heterocycles. The van der Waals surface area contributed by atoms with E-state index >= 15 is 0 Å². The van der Waals surface area contributed by atoms with Crippen LogP contribution < -0.4 is 10.2 Å². The smallest absolute Gasteiger partial charge is 0.335 e. The van der Waals surface area contributed by atoms with Crippen molar-refractivity contribution in [2.75, 3.05) is 22.5 Å². The number of benzene rings is 2. The van der Waals surface area contributed by atoms with Crippen LogP contribution in [0.4, 0.5) is 11.4 Å². The Hall–Kier alpha value is -2.84. The Bertz CT molecular complexity index is 1100. The van der Waals surface area contributed by atoms with Gasteiger partial charge < -0.3 is 15.3 Å². The molecule has 166 valence electrons. The summed E-state index contributed by atoms with van der Waals surface area (Å²) in [4.78, 5) is 13.6. The van der Waals surface area contributed by atoms with Crippen molar-refractivity contribution < 1.29 is 22.9 Å². The number of aromatic carboxylic acids is 1. The highest BCUT2D eigenvalue weighted by molar-refractivity contribution is 7.85. The number of fused-ring (bicyclic) bond motifs is 1. The van der Waals surface area contributed by atoms with Crippen LogP contribution in [0, 0.1) is 0 Å². The number of carbonyl (C=O) groups is 1. The Kier molecular flexibility index (Phi) is 6.16. The molecule has 8 heteroatoms. The quantitative estimate of drug-likeness (QED) is 0.525. The summed E-state index contributed by atoms with van der Waals surface area (Å²) in [5, 5.41) is 12.7. The third-order valence-corrected chi connectivity index (χ3v) is 7.05. The Morgan fingerprint density at radius 3 is 2.42 bits per heavy atom. The number of nitrogens with zero attached hydrogens (tertiary/aromatic N) is 1. The molecule has 0 amide bonds. The molecule has 0 spiro atoms. The molecule has 3 N–H and O–H groups in total. The van der Waals surface area contributed by atoms with Crippen molar-refractivity contribution in [2.24, 2.45) is 0 Å². The molecule has 1 atom stereocenters. The zero-order chi connectivity index (χ0) is 22.9. The second-order valence-electron chi connectivity index (χ2n) is 8.44. The number of nitrogens with one attached hydrogen (secondary N) is 1. The minimum Gasteiger partial charge on any atom is -0.478 e. The summed E-state index contributed by atoms with van der Waals surface area (Å²) in [6.45, 7) is 6.53. The molecule has 0 saturated carbocycles. The predicted molar refractivity (Wildman–Crippen MR) is 122 cm³/mol. The fourth-order valence-corrected chi connectivity index (χ4v) is 4.65. The lowest BCUT2D eigenvalue weighted by Crippen LogP contribution is -2.52. The molecule has 1 unspecified atom stereocenters. The molecule has 0 radical (unpaired) electrons. The number of anilines is 2. The first-order chi connectivity index (χ1) is 14.5. The lowest BCUT2D eigenvalue weighted by molar-refractivity contribution is 0.0696. The number of rotatable bonds is 8. The summed E-state index contributed by atoms with van der Waals surface area (Å²) in [6, 6.07) is 14.7. The van der Waals surface area contributed by atoms with Crippen molar-refractivity contribution in [1.82, 2.24) is 0 Å². The zero-order valence-corrected chi connectivity index (χ0v) is 18.7. The van der Waals surface area contributed by atoms with Gasteiger partial charge in [-0.2, -0.15) is 8.42 Å². The zero-order valence-electron chi connectivity index (χ0n) is 17.9. The first-order valence-electron chi connectivity index (χ1n) is 10.1. The van der Waals surface area contributed by atoms with E-state index in [0.29, 0.717) is 6.54 Å². The van der Waals surface area contributed by atoms with Gasteiger partial charge in [0.15, 0.2) is 0 Å². The molecule has 0 bridgehead atoms. The Morgan fingerprint density at radius 2 is 1.81 bits per heavy atom. The van der Waals surface area contributed by atoms with Crippen LogP contribution in [-0.4, -0.2) is 41.9 Å². The molecule has 2 aromatic carbocycles. The number of hydrogen-bond donors (Lipinski definition) is 3. The van der Waals surface area contributed by atoms with Crippen LogP contribution in [0.1, 0.15) is 43.1 Å². The van der Waals surface area contributed by atoms with Gasteiger partial charge in [0.25, 0.3) is 10.1 Å². The van der Waals surface area contributed by atoms with Gasteiger partial charge in [-0.3, -0.25) is 4.55 Å². The van der Waals surface area contributed by atoms with Gasteiger partial charge in [0, 0.05) is 23.3 Å². The monoisotopic (exact) mass is 444 g/mol. The van der Waals surface area contributed by atoms with Crippen molar-refractivity contribution in [2.45, 2.75) is 38.1 Å². The topological polar surface area (TPSA) is 107 Å². The summed E-state index contributed by atoms with van der Waals surface area (Å²) in [6.07, 6.45) is 4.12. The van der Waals surface area contributed by atoms with E-state index < -0.39 is 27.0 Å². The van der Waals surface area contributed by atoms with E-state index in [-0.39, 0.29) is 17.7 Å². The second kappa shape index (κ2) is 8.36. The average molecular weight is 445 g/mol. The summed E-state index contributed by atoms with van der Waals surface area (Å²) >= 11 is 0. The molecule has 0 aliphatic carbocycles. The van der Waals surface area contributed by atoms with Crippen LogP contribution in [-0.2, 0) is 15.5 Å². The Balaban J connectivity index is 1.99. The molecule has 7 nitrogen and oxygen atoms in total. The van der Waals surface area contributed by atoms with Crippen molar-refractivity contribution in [3.63, 3.8) is 0 Å². The van der Waals surface area contributed by atoms with Crippen molar-refractivity contribution in [3.8, 4) is 0 Å². The molecular weight excluding hydrogens is 416 g/mol. The van der Waals surface area contributed by atoms with E-state index in [1.165, 1.54) is 0 Å². The maximum Gasteiger partial charge on any atom is 0.335 e. The number of carboxylic acids is 1. The SMILES string of the molecule is CC1(C)c2cc(C(=O)O)ccc2N(CCCS(=O)(=O)O)C1(C)/C=C/Nc1ccccc1. The first kappa shape index (κ1) is 22.8. The van der Waals surface area contributed by atoms with Crippen molar-refractivity contribution in [1.29, 1.82) is 0 Å². The minimum atomic E-state index is -4.06. The summed E-state index contributed by atoms with van der Waals surface area (Å²) < 4.78 is 31.6. The summed E-state index contributed by atoms with van der Waals surface area (Å²) in [7, 11) is -4.06. The van der Waals surface area contributed by atoms with Crippen molar-refractivity contribution >= 4 is 27.5 Å². The molecule has 31 heavy (non-hydrogen) atoms. The number of carboxylic acid groups (broad SMARTS) is 1. The Morgan fingerprint density at radius 1 is 1.13 bits per heavy atom. The van der Waals surface area contributed by atoms with E-state index in [4.69, 9.17) is 4.55 Å². The molecule has 0 fully saturated rings. The summed E-state index contributed by atoms with van der Waals surface area (Å²) in [5.41, 5.74) is 1.83. The largest absolute Gasteiger partial charge is 0.478 e. The van der Waals surface area contributed by atoms with Crippen LogP contribution in [0.5, 0.6) is 0 Å². The van der Waals surface area contributed by atoms with Gasteiger partial charge in [-0.15, -0.1) is 0 Å². The average Bonchev–Trinajstić information content (AvgIpc) is 2.85. The molecule has 2 aromatic rings. The van der Waals surface area contributed by atoms with E-state index in [9.17, 15) is 18.3 Å². The van der Waals surface area contributed by atoms with E-state index in [1.54, 1.807) is 18.2 Å². The van der Waals surface area contributed by atoms with E-state index in [2.05, 4.69) is 10.2 Å². The molecule has 1 aliphatic rings. The van der Waals surface area contributed by atoms with Gasteiger partial charge in [-0.05, 0) is 61.5 Å². The van der Waals surface area contributed by atoms with Crippen LogP contribution >= 0.6 is 0 Å². The molecule has 0 aromatic heterocycles. The maximum absolute atomic E-state index is 11.5. The number of hydrogen-bond acceptors (Lipinski definition) is 5. The van der Waals surface area contributed by atoms with Crippen LogP contribution in [0.2, 0.25) is 0 Å². The second-order valence-corrected chi connectivity index (χ2v) is 10.0. The normalized spacial score (nSPS) is 20.1. The van der Waals surface area contributed by atoms with Crippen LogP contribution in [0.3, 0.4) is 0 Å². The fraction of sp³-hybridized carbons (Fsp3) is 0.348. The lowest BCUT2D eigenvalue weighted by Gasteiger charge is -2.43. The lowest BCUT2D eigenvalue weighted by atomic mass is 9.71. The molecule has 0 saturated heterocycles. The van der Waals surface area contributed by atoms with Crippen molar-refractivity contribution in [3.05, 3.63) is 71.9 Å². The minimum absolute atomic E-state index is 0.209. The molecular formula is C23H28N2O5S. The molecule has 1 heterocycles. The number of para-hydroxylation sites is 1. The van der Waals surface area contributed by atoms with Gasteiger partial charge in [0.05, 0.1) is 16.9 Å². The Labute approximate surface area is 183 Å². The standard InChI is InChI=1S/C23H28N2O5S/c1-22(2)19-16-17(21(26)27)10-11-20(19)25(14-7-15-31(28,29)30)23(22,3)12-13-24-18-8-5-4-6-9-18/h4-6,8-13,16,24H,7,14-15H2,1-3H3,(H,26,27)(H,28,29,30)/b13-12+. The van der Waals surface area contributed by atoms with Crippen LogP contribution in [0.15, 0.2) is 60.8 Å². The third-order valence-electron chi connectivity index (χ3n) is 6.25. The molecule has 3 rings (SSSR count).